The number of aliphatic hydroxyl groups is 1. The van der Waals surface area contributed by atoms with Gasteiger partial charge in [0.25, 0.3) is 11.5 Å². The zero-order chi connectivity index (χ0) is 24.3. The van der Waals surface area contributed by atoms with E-state index in [9.17, 15) is 19.5 Å². The normalized spacial score (nSPS) is 11.1. The molecule has 1 aromatic heterocycles. The summed E-state index contributed by atoms with van der Waals surface area (Å²) in [7, 11) is 3.08. The van der Waals surface area contributed by atoms with Crippen molar-refractivity contribution in [3.05, 3.63) is 81.8 Å². The molecule has 0 aliphatic rings. The fourth-order valence-electron chi connectivity index (χ4n) is 3.44. The quantitative estimate of drug-likeness (QED) is 0.478. The number of aryl methyl sites for hydroxylation is 1. The van der Waals surface area contributed by atoms with E-state index < -0.39 is 11.6 Å². The van der Waals surface area contributed by atoms with Crippen LogP contribution in [0, 0.1) is 6.92 Å². The number of hydrogen-bond donors (Lipinski definition) is 4. The molecule has 4 N–H and O–H groups in total. The number of hydrogen-bond acceptors (Lipinski definition) is 4. The highest BCUT2D eigenvalue weighted by Crippen LogP contribution is 2.29. The molecule has 2 aromatic carbocycles. The number of carbonyl (C=O) groups is 2. The van der Waals surface area contributed by atoms with Crippen LogP contribution in [0.25, 0.3) is 11.1 Å². The van der Waals surface area contributed by atoms with Crippen LogP contribution in [-0.2, 0) is 12.6 Å². The molecule has 0 aliphatic heterocycles. The molecule has 172 valence electrons. The first-order valence-corrected chi connectivity index (χ1v) is 10.4. The van der Waals surface area contributed by atoms with E-state index in [1.165, 1.54) is 11.6 Å². The van der Waals surface area contributed by atoms with Crippen LogP contribution in [-0.4, -0.2) is 28.7 Å². The first-order valence-electron chi connectivity index (χ1n) is 10.4. The van der Waals surface area contributed by atoms with Gasteiger partial charge < -0.3 is 25.6 Å². The van der Waals surface area contributed by atoms with Crippen LogP contribution in [0.15, 0.2) is 59.5 Å². The minimum Gasteiger partial charge on any atom is -0.386 e. The first kappa shape index (κ1) is 23.7. The van der Waals surface area contributed by atoms with Crippen molar-refractivity contribution in [3.8, 4) is 11.1 Å². The van der Waals surface area contributed by atoms with Gasteiger partial charge in [0.1, 0.15) is 5.69 Å². The van der Waals surface area contributed by atoms with Gasteiger partial charge in [-0.1, -0.05) is 24.3 Å². The van der Waals surface area contributed by atoms with E-state index in [4.69, 9.17) is 0 Å². The second-order valence-electron chi connectivity index (χ2n) is 8.33. The molecule has 0 spiro atoms. The Morgan fingerprint density at radius 1 is 1.00 bits per heavy atom. The molecule has 3 amide bonds. The molecule has 1 heterocycles. The molecule has 0 aliphatic carbocycles. The summed E-state index contributed by atoms with van der Waals surface area (Å²) in [5, 5.41) is 18.0. The molecule has 0 unspecified atom stereocenters. The van der Waals surface area contributed by atoms with Gasteiger partial charge in [0.15, 0.2) is 0 Å². The molecule has 33 heavy (non-hydrogen) atoms. The van der Waals surface area contributed by atoms with Crippen LogP contribution in [0.1, 0.15) is 35.3 Å². The maximum absolute atomic E-state index is 12.8. The zero-order valence-corrected chi connectivity index (χ0v) is 19.3. The molecule has 0 saturated carbocycles. The number of aromatic nitrogens is 1. The Morgan fingerprint density at radius 2 is 1.67 bits per heavy atom. The Hall–Kier alpha value is -3.91. The van der Waals surface area contributed by atoms with Crippen molar-refractivity contribution in [2.24, 2.45) is 7.05 Å². The lowest BCUT2D eigenvalue weighted by molar-refractivity contribution is 0.0785. The molecule has 0 atom stereocenters. The lowest BCUT2D eigenvalue weighted by Gasteiger charge is -2.18. The van der Waals surface area contributed by atoms with E-state index in [0.717, 1.165) is 11.1 Å². The van der Waals surface area contributed by atoms with E-state index in [-0.39, 0.29) is 17.2 Å². The van der Waals surface area contributed by atoms with Crippen molar-refractivity contribution < 1.29 is 14.7 Å². The predicted octanol–water partition coefficient (Wildman–Crippen LogP) is 3.59. The minimum atomic E-state index is -0.985. The van der Waals surface area contributed by atoms with Gasteiger partial charge in [0.05, 0.1) is 5.60 Å². The van der Waals surface area contributed by atoms with E-state index in [1.807, 2.05) is 19.1 Å². The number of nitrogens with zero attached hydrogens (tertiary/aromatic N) is 1. The van der Waals surface area contributed by atoms with Crippen LogP contribution in [0.4, 0.5) is 16.2 Å². The summed E-state index contributed by atoms with van der Waals surface area (Å²) in [6, 6.07) is 13.4. The highest BCUT2D eigenvalue weighted by Gasteiger charge is 2.17. The van der Waals surface area contributed by atoms with Gasteiger partial charge in [-0.05, 0) is 61.7 Å². The van der Waals surface area contributed by atoms with Crippen molar-refractivity contribution in [2.75, 3.05) is 17.7 Å². The maximum Gasteiger partial charge on any atom is 0.319 e. The monoisotopic (exact) mass is 448 g/mol. The van der Waals surface area contributed by atoms with Gasteiger partial charge >= 0.3 is 6.03 Å². The molecule has 8 nitrogen and oxygen atoms in total. The summed E-state index contributed by atoms with van der Waals surface area (Å²) in [4.78, 5) is 36.9. The van der Waals surface area contributed by atoms with E-state index >= 15 is 0 Å². The molecule has 3 aromatic rings. The Labute approximate surface area is 192 Å². The Bertz CT molecular complexity index is 1250. The molecule has 0 fully saturated rings. The van der Waals surface area contributed by atoms with Gasteiger partial charge in [0.2, 0.25) is 0 Å². The molecule has 8 heteroatoms. The number of pyridine rings is 1. The van der Waals surface area contributed by atoms with Crippen LogP contribution < -0.4 is 21.5 Å². The van der Waals surface area contributed by atoms with Crippen molar-refractivity contribution in [1.82, 2.24) is 9.88 Å². The van der Waals surface area contributed by atoms with Crippen LogP contribution in [0.3, 0.4) is 0 Å². The predicted molar refractivity (Wildman–Crippen MR) is 130 cm³/mol. The number of urea groups is 1. The Morgan fingerprint density at radius 3 is 2.27 bits per heavy atom. The van der Waals surface area contributed by atoms with Crippen LogP contribution >= 0.6 is 0 Å². The van der Waals surface area contributed by atoms with Gasteiger partial charge in [-0.15, -0.1) is 0 Å². The molecule has 0 bridgehead atoms. The summed E-state index contributed by atoms with van der Waals surface area (Å²) in [6.07, 6.45) is 1.68. The number of benzene rings is 2. The van der Waals surface area contributed by atoms with Crippen LogP contribution in [0.2, 0.25) is 0 Å². The summed E-state index contributed by atoms with van der Waals surface area (Å²) >= 11 is 0. The standard InChI is InChI=1S/C25H28N4O4/c1-15-19(17-13-21(28-24(32)26-4)23(31)29(5)14-17)7-6-8-20(15)27-22(30)16-9-11-18(12-10-16)25(2,3)33/h6-14,33H,1-5H3,(H,27,30)(H2,26,28,32). The highest BCUT2D eigenvalue weighted by molar-refractivity contribution is 6.05. The molecule has 3 rings (SSSR count). The van der Waals surface area contributed by atoms with E-state index in [0.29, 0.717) is 22.4 Å². The zero-order valence-electron chi connectivity index (χ0n) is 19.3. The maximum atomic E-state index is 12.8. The van der Waals surface area contributed by atoms with Gasteiger partial charge in [-0.2, -0.15) is 0 Å². The minimum absolute atomic E-state index is 0.148. The molecular weight excluding hydrogens is 420 g/mol. The Balaban J connectivity index is 1.92. The van der Waals surface area contributed by atoms with Crippen molar-refractivity contribution in [2.45, 2.75) is 26.4 Å². The summed E-state index contributed by atoms with van der Waals surface area (Å²) < 4.78 is 1.40. The average Bonchev–Trinajstić information content (AvgIpc) is 2.77. The highest BCUT2D eigenvalue weighted by atomic mass is 16.3. The first-order chi connectivity index (χ1) is 15.5. The van der Waals surface area contributed by atoms with Crippen molar-refractivity contribution in [3.63, 3.8) is 0 Å². The smallest absolute Gasteiger partial charge is 0.319 e. The number of anilines is 2. The molecule has 0 saturated heterocycles. The topological polar surface area (TPSA) is 112 Å². The van der Waals surface area contributed by atoms with E-state index in [1.54, 1.807) is 63.5 Å². The van der Waals surface area contributed by atoms with Gasteiger partial charge in [0, 0.05) is 37.1 Å². The van der Waals surface area contributed by atoms with Crippen molar-refractivity contribution in [1.29, 1.82) is 0 Å². The Kier molecular flexibility index (Phi) is 6.69. The largest absolute Gasteiger partial charge is 0.386 e. The van der Waals surface area contributed by atoms with Crippen molar-refractivity contribution >= 4 is 23.3 Å². The third-order valence-electron chi connectivity index (χ3n) is 5.41. The summed E-state index contributed by atoms with van der Waals surface area (Å²) in [5.41, 5.74) is 2.96. The number of carbonyl (C=O) groups excluding carboxylic acids is 2. The fourth-order valence-corrected chi connectivity index (χ4v) is 3.44. The van der Waals surface area contributed by atoms with Crippen LogP contribution in [0.5, 0.6) is 0 Å². The molecular formula is C25H28N4O4. The molecule has 0 radical (unpaired) electrons. The van der Waals surface area contributed by atoms with Gasteiger partial charge in [-0.25, -0.2) is 4.79 Å². The third-order valence-corrected chi connectivity index (χ3v) is 5.41. The summed E-state index contributed by atoms with van der Waals surface area (Å²) in [6.45, 7) is 5.25. The lowest BCUT2D eigenvalue weighted by atomic mass is 9.97. The lowest BCUT2D eigenvalue weighted by Crippen LogP contribution is -2.29. The second kappa shape index (κ2) is 9.30. The summed E-state index contributed by atoms with van der Waals surface area (Å²) in [5.74, 6) is -0.278. The third kappa shape index (κ3) is 5.30. The number of nitrogens with one attached hydrogen (secondary N) is 3. The van der Waals surface area contributed by atoms with Gasteiger partial charge in [-0.3, -0.25) is 9.59 Å². The average molecular weight is 449 g/mol. The number of amides is 3. The second-order valence-corrected chi connectivity index (χ2v) is 8.33. The fraction of sp³-hybridized carbons (Fsp3) is 0.240. The van der Waals surface area contributed by atoms with E-state index in [2.05, 4.69) is 16.0 Å². The SMILES string of the molecule is CNC(=O)Nc1cc(-c2cccc(NC(=O)c3ccc(C(C)(C)O)cc3)c2C)cn(C)c1=O. The number of rotatable bonds is 5.